The van der Waals surface area contributed by atoms with Crippen molar-refractivity contribution in [2.75, 3.05) is 20.9 Å². The van der Waals surface area contributed by atoms with E-state index in [1.165, 1.54) is 48.7 Å². The van der Waals surface area contributed by atoms with Crippen molar-refractivity contribution >= 4 is 54.9 Å². The van der Waals surface area contributed by atoms with E-state index in [2.05, 4.69) is 20.0 Å². The molecule has 0 bridgehead atoms. The SMILES string of the molecule is Cc1ccnc(NS(=O)(=O)c2ccc(NC(=O)CN(c3cc(Cl)ccc3C)S(=O)(=O)c3ccccc3)cc2)n1. The normalized spacial score (nSPS) is 11.6. The minimum absolute atomic E-state index is 0.0109. The van der Waals surface area contributed by atoms with E-state index in [1.807, 2.05) is 0 Å². The molecule has 0 fully saturated rings. The van der Waals surface area contributed by atoms with Crippen molar-refractivity contribution in [1.82, 2.24) is 9.97 Å². The second kappa shape index (κ2) is 11.4. The zero-order chi connectivity index (χ0) is 28.2. The van der Waals surface area contributed by atoms with Gasteiger partial charge >= 0.3 is 0 Å². The smallest absolute Gasteiger partial charge is 0.264 e. The summed E-state index contributed by atoms with van der Waals surface area (Å²) >= 11 is 6.15. The third kappa shape index (κ3) is 6.72. The second-order valence-electron chi connectivity index (χ2n) is 8.46. The lowest BCUT2D eigenvalue weighted by Gasteiger charge is -2.26. The first-order valence-electron chi connectivity index (χ1n) is 11.5. The molecule has 3 aromatic carbocycles. The molecule has 2 N–H and O–H groups in total. The Hall–Kier alpha value is -4.00. The molecule has 0 aliphatic carbocycles. The largest absolute Gasteiger partial charge is 0.325 e. The minimum Gasteiger partial charge on any atom is -0.325 e. The predicted molar refractivity (Wildman–Crippen MR) is 150 cm³/mol. The lowest BCUT2D eigenvalue weighted by Crippen LogP contribution is -2.38. The third-order valence-electron chi connectivity index (χ3n) is 5.53. The van der Waals surface area contributed by atoms with Gasteiger partial charge in [0.05, 0.1) is 15.5 Å². The van der Waals surface area contributed by atoms with E-state index in [4.69, 9.17) is 11.6 Å². The van der Waals surface area contributed by atoms with Crippen molar-refractivity contribution < 1.29 is 21.6 Å². The van der Waals surface area contributed by atoms with Crippen LogP contribution >= 0.6 is 11.6 Å². The minimum atomic E-state index is -4.13. The second-order valence-corrected chi connectivity index (χ2v) is 12.4. The van der Waals surface area contributed by atoms with Gasteiger partial charge in [0.15, 0.2) is 0 Å². The van der Waals surface area contributed by atoms with Crippen LogP contribution in [0.2, 0.25) is 5.02 Å². The van der Waals surface area contributed by atoms with Gasteiger partial charge in [-0.2, -0.15) is 0 Å². The Labute approximate surface area is 231 Å². The number of sulfonamides is 2. The molecule has 39 heavy (non-hydrogen) atoms. The van der Waals surface area contributed by atoms with Crippen LogP contribution in [-0.4, -0.2) is 39.3 Å². The third-order valence-corrected chi connectivity index (χ3v) is 8.88. The number of anilines is 3. The number of amides is 1. The molecule has 202 valence electrons. The van der Waals surface area contributed by atoms with Crippen molar-refractivity contribution in [3.8, 4) is 0 Å². The summed E-state index contributed by atoms with van der Waals surface area (Å²) in [5.74, 6) is -0.709. The molecule has 1 heterocycles. The first kappa shape index (κ1) is 28.0. The Kier molecular flexibility index (Phi) is 8.19. The molecule has 0 saturated heterocycles. The van der Waals surface area contributed by atoms with E-state index >= 15 is 0 Å². The van der Waals surface area contributed by atoms with Crippen molar-refractivity contribution in [2.45, 2.75) is 23.6 Å². The average molecular weight is 586 g/mol. The van der Waals surface area contributed by atoms with E-state index in [0.29, 0.717) is 16.3 Å². The van der Waals surface area contributed by atoms with Crippen LogP contribution in [0.5, 0.6) is 0 Å². The number of nitrogens with zero attached hydrogens (tertiary/aromatic N) is 3. The van der Waals surface area contributed by atoms with Crippen molar-refractivity contribution in [3.05, 3.63) is 101 Å². The standard InChI is InChI=1S/C26H24ClN5O5S2/c1-18-8-9-20(27)16-24(18)32(39(36,37)23-6-4-3-5-7-23)17-25(33)30-21-10-12-22(13-11-21)38(34,35)31-26-28-15-14-19(2)29-26/h3-16H,17H2,1-2H3,(H,30,33)(H,28,29,31). The number of aromatic nitrogens is 2. The highest BCUT2D eigenvalue weighted by molar-refractivity contribution is 7.93. The lowest BCUT2D eigenvalue weighted by atomic mass is 10.2. The molecule has 0 atom stereocenters. The molecular weight excluding hydrogens is 562 g/mol. The van der Waals surface area contributed by atoms with Crippen LogP contribution in [-0.2, 0) is 24.8 Å². The number of hydrogen-bond donors (Lipinski definition) is 2. The highest BCUT2D eigenvalue weighted by atomic mass is 35.5. The molecule has 0 unspecified atom stereocenters. The average Bonchev–Trinajstić information content (AvgIpc) is 2.89. The van der Waals surface area contributed by atoms with Crippen LogP contribution in [0.25, 0.3) is 0 Å². The van der Waals surface area contributed by atoms with Crippen LogP contribution in [0.4, 0.5) is 17.3 Å². The van der Waals surface area contributed by atoms with E-state index in [-0.39, 0.29) is 27.1 Å². The summed E-state index contributed by atoms with van der Waals surface area (Å²) in [5.41, 5.74) is 1.72. The van der Waals surface area contributed by atoms with Crippen LogP contribution in [0.15, 0.2) is 94.9 Å². The van der Waals surface area contributed by atoms with Gasteiger partial charge in [-0.05, 0) is 74.0 Å². The van der Waals surface area contributed by atoms with Gasteiger partial charge in [-0.3, -0.25) is 9.10 Å². The number of rotatable bonds is 9. The molecule has 0 aliphatic heterocycles. The van der Waals surface area contributed by atoms with Gasteiger partial charge in [-0.1, -0.05) is 35.9 Å². The number of carbonyl (C=O) groups is 1. The first-order valence-corrected chi connectivity index (χ1v) is 14.8. The summed E-state index contributed by atoms with van der Waals surface area (Å²) in [5, 5.41) is 2.93. The van der Waals surface area contributed by atoms with Crippen LogP contribution in [0.3, 0.4) is 0 Å². The van der Waals surface area contributed by atoms with Gasteiger partial charge in [0, 0.05) is 22.6 Å². The quantitative estimate of drug-likeness (QED) is 0.297. The van der Waals surface area contributed by atoms with Crippen molar-refractivity contribution in [2.24, 2.45) is 0 Å². The molecule has 13 heteroatoms. The maximum absolute atomic E-state index is 13.5. The Morgan fingerprint density at radius 3 is 2.26 bits per heavy atom. The Balaban J connectivity index is 1.55. The number of aryl methyl sites for hydroxylation is 2. The summed E-state index contributed by atoms with van der Waals surface area (Å²) < 4.78 is 55.7. The van der Waals surface area contributed by atoms with Crippen LogP contribution < -0.4 is 14.3 Å². The Morgan fingerprint density at radius 2 is 1.59 bits per heavy atom. The fourth-order valence-electron chi connectivity index (χ4n) is 3.60. The topological polar surface area (TPSA) is 138 Å². The number of halogens is 1. The molecule has 0 aliphatic rings. The Bertz CT molecular complexity index is 1720. The van der Waals surface area contributed by atoms with E-state index in [9.17, 15) is 21.6 Å². The summed E-state index contributed by atoms with van der Waals surface area (Å²) in [4.78, 5) is 20.9. The van der Waals surface area contributed by atoms with Gasteiger partial charge in [-0.15, -0.1) is 0 Å². The lowest BCUT2D eigenvalue weighted by molar-refractivity contribution is -0.114. The molecule has 4 aromatic rings. The predicted octanol–water partition coefficient (Wildman–Crippen LogP) is 4.38. The fraction of sp³-hybridized carbons (Fsp3) is 0.115. The van der Waals surface area contributed by atoms with Gasteiger partial charge in [0.1, 0.15) is 6.54 Å². The van der Waals surface area contributed by atoms with Gasteiger partial charge < -0.3 is 5.32 Å². The number of benzene rings is 3. The zero-order valence-electron chi connectivity index (χ0n) is 20.9. The number of hydrogen-bond acceptors (Lipinski definition) is 7. The molecule has 0 saturated carbocycles. The maximum Gasteiger partial charge on any atom is 0.264 e. The molecule has 0 spiro atoms. The first-order chi connectivity index (χ1) is 18.5. The highest BCUT2D eigenvalue weighted by Gasteiger charge is 2.28. The number of carbonyl (C=O) groups excluding carboxylic acids is 1. The highest BCUT2D eigenvalue weighted by Crippen LogP contribution is 2.29. The summed E-state index contributed by atoms with van der Waals surface area (Å²) in [7, 11) is -8.10. The number of nitrogens with one attached hydrogen (secondary N) is 2. The van der Waals surface area contributed by atoms with E-state index in [1.54, 1.807) is 50.2 Å². The summed E-state index contributed by atoms with van der Waals surface area (Å²) in [6.07, 6.45) is 1.44. The Morgan fingerprint density at radius 1 is 0.897 bits per heavy atom. The molecule has 0 radical (unpaired) electrons. The van der Waals surface area contributed by atoms with E-state index in [0.717, 1.165) is 4.31 Å². The van der Waals surface area contributed by atoms with E-state index < -0.39 is 32.5 Å². The molecular formula is C26H24ClN5O5S2. The van der Waals surface area contributed by atoms with Gasteiger partial charge in [-0.25, -0.2) is 31.5 Å². The van der Waals surface area contributed by atoms with Crippen LogP contribution in [0.1, 0.15) is 11.3 Å². The fourth-order valence-corrected chi connectivity index (χ4v) is 6.21. The molecule has 1 aromatic heterocycles. The molecule has 10 nitrogen and oxygen atoms in total. The van der Waals surface area contributed by atoms with Gasteiger partial charge in [0.25, 0.3) is 20.0 Å². The summed E-state index contributed by atoms with van der Waals surface area (Å²) in [6, 6.07) is 19.5. The molecule has 4 rings (SSSR count). The maximum atomic E-state index is 13.5. The summed E-state index contributed by atoms with van der Waals surface area (Å²) in [6.45, 7) is 2.87. The van der Waals surface area contributed by atoms with Gasteiger partial charge in [0.2, 0.25) is 11.9 Å². The zero-order valence-corrected chi connectivity index (χ0v) is 23.3. The van der Waals surface area contributed by atoms with Crippen molar-refractivity contribution in [3.63, 3.8) is 0 Å². The molecule has 1 amide bonds. The van der Waals surface area contributed by atoms with Crippen LogP contribution in [0, 0.1) is 13.8 Å². The monoisotopic (exact) mass is 585 g/mol. The van der Waals surface area contributed by atoms with Crippen molar-refractivity contribution in [1.29, 1.82) is 0 Å².